The van der Waals surface area contributed by atoms with Gasteiger partial charge in [-0.15, -0.1) is 0 Å². The fourth-order valence-electron chi connectivity index (χ4n) is 11.3. The Morgan fingerprint density at radius 2 is 0.937 bits per heavy atom. The number of piperazine rings is 2. The Morgan fingerprint density at radius 1 is 0.481 bits per heavy atom. The highest BCUT2D eigenvalue weighted by Gasteiger charge is 2.23. The summed E-state index contributed by atoms with van der Waals surface area (Å²) in [6, 6.07) is 42.6. The van der Waals surface area contributed by atoms with Gasteiger partial charge in [0.05, 0.1) is 25.6 Å². The van der Waals surface area contributed by atoms with Crippen LogP contribution < -0.4 is 29.9 Å². The van der Waals surface area contributed by atoms with E-state index in [2.05, 4.69) is 132 Å². The van der Waals surface area contributed by atoms with Crippen LogP contribution in [0.15, 0.2) is 134 Å². The molecule has 412 valence electrons. The number of likely N-dealkylation sites (tertiary alicyclic amines) is 1. The molecule has 0 atom stereocenters. The van der Waals surface area contributed by atoms with E-state index in [-0.39, 0.29) is 6.61 Å². The molecule has 8 aromatic rings. The predicted molar refractivity (Wildman–Crippen MR) is 324 cm³/mol. The molecule has 5 heterocycles. The molecule has 14 nitrogen and oxygen atoms in total. The highest BCUT2D eigenvalue weighted by atomic mass is 16.5. The third kappa shape index (κ3) is 14.7. The number of benzene rings is 6. The Hall–Kier alpha value is -7.36. The number of nitrogens with zero attached hydrogens (tertiary/aromatic N) is 9. The topological polar surface area (TPSA) is 131 Å². The molecular formula is C65H79N11O3. The van der Waals surface area contributed by atoms with Gasteiger partial charge >= 0.3 is 0 Å². The van der Waals surface area contributed by atoms with Crippen molar-refractivity contribution in [2.24, 2.45) is 0 Å². The number of hydrogen-bond donors (Lipinski definition) is 3. The van der Waals surface area contributed by atoms with Crippen LogP contribution in [0.5, 0.6) is 11.5 Å². The quantitative estimate of drug-likeness (QED) is 0.0710. The van der Waals surface area contributed by atoms with Crippen molar-refractivity contribution in [3.8, 4) is 34.0 Å². The van der Waals surface area contributed by atoms with Gasteiger partial charge in [0.2, 0.25) is 11.9 Å². The van der Waals surface area contributed by atoms with Crippen LogP contribution in [0.3, 0.4) is 0 Å². The fourth-order valence-corrected chi connectivity index (χ4v) is 11.3. The second-order valence-electron chi connectivity index (χ2n) is 21.4. The standard InChI is InChI=1S/C35H44N6O.C30H35N5O2/c1-27-10-11-29-24-30(33-12-13-36-35(38-33)37-26-28-8-6-9-31(23-28)42-2)25-34(32(29)22-27)41-20-18-40(19-21-41)17-7-16-39-14-4-3-5-15-39;1-22-7-8-24-19-25(20-29(27(24)17-22)35-14-12-34(13-15-35)11-4-16-36)28-9-10-31-30(33-28)32-21-23-5-3-6-26(18-23)37-2/h6,8-13,22-25H,3-5,7,14-21,26H2,1-2H3,(H,36,37,38);3,5-10,17-20,36H,4,11-16,21H2,1-2H3,(H,31,32,33). The molecule has 2 aromatic heterocycles. The molecule has 3 fully saturated rings. The number of aryl methyl sites for hydroxylation is 2. The first-order chi connectivity index (χ1) is 38.8. The zero-order valence-electron chi connectivity index (χ0n) is 46.8. The molecule has 0 spiro atoms. The number of aromatic nitrogens is 4. The molecule has 0 unspecified atom stereocenters. The third-order valence-corrected chi connectivity index (χ3v) is 15.7. The molecule has 3 aliphatic rings. The summed E-state index contributed by atoms with van der Waals surface area (Å²) in [6.07, 6.45) is 9.93. The third-order valence-electron chi connectivity index (χ3n) is 15.7. The molecule has 14 heteroatoms. The van der Waals surface area contributed by atoms with Gasteiger partial charge in [0.1, 0.15) is 11.5 Å². The lowest BCUT2D eigenvalue weighted by molar-refractivity contribution is 0.198. The molecule has 0 bridgehead atoms. The zero-order chi connectivity index (χ0) is 54.3. The molecule has 3 aliphatic heterocycles. The first-order valence-electron chi connectivity index (χ1n) is 28.5. The van der Waals surface area contributed by atoms with Crippen LogP contribution in [-0.4, -0.2) is 146 Å². The summed E-state index contributed by atoms with van der Waals surface area (Å²) in [5.41, 5.74) is 11.4. The first-order valence-corrected chi connectivity index (χ1v) is 28.5. The van der Waals surface area contributed by atoms with E-state index in [1.165, 1.54) is 95.9 Å². The molecule has 0 aliphatic carbocycles. The van der Waals surface area contributed by atoms with Crippen molar-refractivity contribution in [1.29, 1.82) is 0 Å². The van der Waals surface area contributed by atoms with Gasteiger partial charge in [-0.3, -0.25) is 9.80 Å². The molecule has 0 radical (unpaired) electrons. The summed E-state index contributed by atoms with van der Waals surface area (Å²) in [6.45, 7) is 20.1. The largest absolute Gasteiger partial charge is 0.497 e. The van der Waals surface area contributed by atoms with Gasteiger partial charge < -0.3 is 39.9 Å². The molecule has 79 heavy (non-hydrogen) atoms. The number of nitrogens with one attached hydrogen (secondary N) is 2. The van der Waals surface area contributed by atoms with Crippen LogP contribution >= 0.6 is 0 Å². The van der Waals surface area contributed by atoms with Crippen LogP contribution in [0.4, 0.5) is 23.3 Å². The Kier molecular flexibility index (Phi) is 18.8. The second-order valence-corrected chi connectivity index (χ2v) is 21.4. The summed E-state index contributed by atoms with van der Waals surface area (Å²) in [5, 5.41) is 21.0. The van der Waals surface area contributed by atoms with Crippen molar-refractivity contribution in [2.75, 3.05) is 126 Å². The van der Waals surface area contributed by atoms with Crippen LogP contribution in [0.1, 0.15) is 54.4 Å². The number of fused-ring (bicyclic) bond motifs is 2. The number of methoxy groups -OCH3 is 2. The van der Waals surface area contributed by atoms with E-state index < -0.39 is 0 Å². The fraction of sp³-hybridized carbons (Fsp3) is 0.385. The van der Waals surface area contributed by atoms with Crippen molar-refractivity contribution in [2.45, 2.75) is 59.0 Å². The molecule has 3 saturated heterocycles. The highest BCUT2D eigenvalue weighted by Crippen LogP contribution is 2.36. The highest BCUT2D eigenvalue weighted by molar-refractivity contribution is 5.99. The Bertz CT molecular complexity index is 3260. The van der Waals surface area contributed by atoms with Crippen LogP contribution in [0.2, 0.25) is 0 Å². The van der Waals surface area contributed by atoms with Crippen molar-refractivity contribution in [3.05, 3.63) is 156 Å². The van der Waals surface area contributed by atoms with Gasteiger partial charge in [0, 0.05) is 124 Å². The number of rotatable bonds is 19. The minimum Gasteiger partial charge on any atom is -0.497 e. The van der Waals surface area contributed by atoms with Crippen LogP contribution in [0.25, 0.3) is 44.1 Å². The number of ether oxygens (including phenoxy) is 2. The van der Waals surface area contributed by atoms with Crippen molar-refractivity contribution in [1.82, 2.24) is 34.6 Å². The van der Waals surface area contributed by atoms with Crippen molar-refractivity contribution < 1.29 is 14.6 Å². The normalized spacial score (nSPS) is 15.5. The van der Waals surface area contributed by atoms with Gasteiger partial charge in [-0.2, -0.15) is 0 Å². The number of aliphatic hydroxyl groups excluding tert-OH is 1. The number of piperidine rings is 1. The first kappa shape index (κ1) is 55.0. The Morgan fingerprint density at radius 3 is 1.39 bits per heavy atom. The van der Waals surface area contributed by atoms with E-state index in [0.29, 0.717) is 25.0 Å². The molecular weight excluding hydrogens is 983 g/mol. The van der Waals surface area contributed by atoms with E-state index in [0.717, 1.165) is 110 Å². The smallest absolute Gasteiger partial charge is 0.223 e. The van der Waals surface area contributed by atoms with Gasteiger partial charge in [-0.05, 0) is 160 Å². The number of hydrogen-bond acceptors (Lipinski definition) is 14. The Labute approximate surface area is 467 Å². The van der Waals surface area contributed by atoms with Crippen LogP contribution in [-0.2, 0) is 13.1 Å². The summed E-state index contributed by atoms with van der Waals surface area (Å²) in [5.74, 6) is 2.91. The lowest BCUT2D eigenvalue weighted by atomic mass is 10.00. The maximum atomic E-state index is 9.19. The molecule has 0 amide bonds. The van der Waals surface area contributed by atoms with Gasteiger partial charge in [-0.25, -0.2) is 19.9 Å². The Balaban J connectivity index is 0.000000180. The van der Waals surface area contributed by atoms with Gasteiger partial charge in [0.15, 0.2) is 0 Å². The van der Waals surface area contributed by atoms with Gasteiger partial charge in [-0.1, -0.05) is 66.1 Å². The molecule has 3 N–H and O–H groups in total. The van der Waals surface area contributed by atoms with Gasteiger partial charge in [0.25, 0.3) is 0 Å². The molecule has 0 saturated carbocycles. The zero-order valence-corrected chi connectivity index (χ0v) is 46.8. The summed E-state index contributed by atoms with van der Waals surface area (Å²) < 4.78 is 10.7. The summed E-state index contributed by atoms with van der Waals surface area (Å²) >= 11 is 0. The minimum atomic E-state index is 0.251. The second kappa shape index (κ2) is 27.0. The minimum absolute atomic E-state index is 0.251. The summed E-state index contributed by atoms with van der Waals surface area (Å²) in [7, 11) is 3.37. The van der Waals surface area contributed by atoms with E-state index in [4.69, 9.17) is 19.4 Å². The number of anilines is 4. The van der Waals surface area contributed by atoms with E-state index in [1.807, 2.05) is 60.9 Å². The SMILES string of the molecule is COc1cccc(CNc2nccc(-c3cc(N4CCN(CCCN5CCCCC5)CC4)c4cc(C)ccc4c3)n2)c1.COc1cccc(CNc2nccc(-c3cc(N4CCN(CCCO)CC4)c4cc(C)ccc4c3)n2)c1. The van der Waals surface area contributed by atoms with E-state index >= 15 is 0 Å². The summed E-state index contributed by atoms with van der Waals surface area (Å²) in [4.78, 5) is 31.5. The van der Waals surface area contributed by atoms with Crippen molar-refractivity contribution in [3.63, 3.8) is 0 Å². The molecule has 6 aromatic carbocycles. The predicted octanol–water partition coefficient (Wildman–Crippen LogP) is 11.0. The maximum absolute atomic E-state index is 9.19. The molecule has 11 rings (SSSR count). The average molecular weight is 1060 g/mol. The lowest BCUT2D eigenvalue weighted by Gasteiger charge is -2.37. The van der Waals surface area contributed by atoms with Crippen molar-refractivity contribution >= 4 is 44.8 Å². The number of aliphatic hydroxyl groups is 1. The van der Waals surface area contributed by atoms with Crippen LogP contribution in [0, 0.1) is 13.8 Å². The lowest BCUT2D eigenvalue weighted by Crippen LogP contribution is -2.47. The maximum Gasteiger partial charge on any atom is 0.223 e. The monoisotopic (exact) mass is 1060 g/mol. The average Bonchev–Trinajstić information content (AvgIpc) is 3.62. The van der Waals surface area contributed by atoms with E-state index in [1.54, 1.807) is 14.2 Å². The van der Waals surface area contributed by atoms with E-state index in [9.17, 15) is 5.11 Å².